The zero-order valence-corrected chi connectivity index (χ0v) is 24.5. The minimum atomic E-state index is -0.886. The molecule has 0 spiro atoms. The van der Waals surface area contributed by atoms with Crippen molar-refractivity contribution in [3.05, 3.63) is 59.5 Å². The van der Waals surface area contributed by atoms with Crippen LogP contribution in [0.1, 0.15) is 59.4 Å². The number of ether oxygens (including phenoxy) is 4. The van der Waals surface area contributed by atoms with Crippen molar-refractivity contribution in [3.63, 3.8) is 0 Å². The highest BCUT2D eigenvalue weighted by Crippen LogP contribution is 2.14. The highest BCUT2D eigenvalue weighted by atomic mass is 16.6. The molecule has 0 aliphatic carbocycles. The Morgan fingerprint density at radius 2 is 1.62 bits per heavy atom. The third-order valence-corrected chi connectivity index (χ3v) is 5.44. The van der Waals surface area contributed by atoms with Crippen molar-refractivity contribution in [3.8, 4) is 0 Å². The fraction of sp³-hybridized carbons (Fsp3) is 0.517. The number of hydrogen-bond donors (Lipinski definition) is 3. The summed E-state index contributed by atoms with van der Waals surface area (Å²) >= 11 is 0. The van der Waals surface area contributed by atoms with Gasteiger partial charge in [-0.3, -0.25) is 9.59 Å². The molecule has 3 amide bonds. The third-order valence-electron chi connectivity index (χ3n) is 5.44. The summed E-state index contributed by atoms with van der Waals surface area (Å²) < 4.78 is 20.5. The van der Waals surface area contributed by atoms with E-state index in [0.717, 1.165) is 5.56 Å². The first-order valence-corrected chi connectivity index (χ1v) is 13.1. The summed E-state index contributed by atoms with van der Waals surface area (Å²) in [6, 6.07) is 8.46. The van der Waals surface area contributed by atoms with Crippen LogP contribution in [0.15, 0.2) is 53.9 Å². The smallest absolute Gasteiger partial charge is 0.408 e. The number of benzene rings is 1. The van der Waals surface area contributed by atoms with Gasteiger partial charge >= 0.3 is 18.2 Å². The monoisotopic (exact) mass is 561 g/mol. The molecule has 3 N–H and O–H groups in total. The van der Waals surface area contributed by atoms with Crippen LogP contribution in [-0.4, -0.2) is 56.5 Å². The van der Waals surface area contributed by atoms with E-state index in [1.54, 1.807) is 46.8 Å². The van der Waals surface area contributed by atoms with Gasteiger partial charge in [-0.05, 0) is 71.6 Å². The maximum atomic E-state index is 13.0. The van der Waals surface area contributed by atoms with Gasteiger partial charge in [0.2, 0.25) is 5.91 Å². The molecule has 1 aromatic carbocycles. The van der Waals surface area contributed by atoms with Crippen LogP contribution >= 0.6 is 0 Å². The minimum absolute atomic E-state index is 0.171. The molecule has 0 aliphatic rings. The summed E-state index contributed by atoms with van der Waals surface area (Å²) in [7, 11) is 2.73. The van der Waals surface area contributed by atoms with Crippen LogP contribution in [-0.2, 0) is 35.1 Å². The molecule has 0 radical (unpaired) electrons. The van der Waals surface area contributed by atoms with Gasteiger partial charge in [0, 0.05) is 12.2 Å². The van der Waals surface area contributed by atoms with Gasteiger partial charge in [0.1, 0.15) is 29.9 Å². The molecule has 11 heteroatoms. The highest BCUT2D eigenvalue weighted by molar-refractivity contribution is 5.86. The van der Waals surface area contributed by atoms with E-state index in [9.17, 15) is 19.2 Å². The normalized spacial score (nSPS) is 13.4. The molecular weight excluding hydrogens is 518 g/mol. The van der Waals surface area contributed by atoms with E-state index in [-0.39, 0.29) is 6.61 Å². The summed E-state index contributed by atoms with van der Waals surface area (Å²) in [6.07, 6.45) is 3.29. The number of allylic oxidation sites excluding steroid dienone is 3. The SMILES string of the molecule is COC(=O)C(C)/C(=C\C=C(/C)NC(=O)[C@H](CCCCNC(=O)OCc1ccccc1)NC(=O)OC(C)(C)C)OC. The predicted octanol–water partition coefficient (Wildman–Crippen LogP) is 4.34. The number of alkyl carbamates (subject to hydrolysis) is 2. The maximum absolute atomic E-state index is 13.0. The van der Waals surface area contributed by atoms with Gasteiger partial charge in [-0.15, -0.1) is 0 Å². The van der Waals surface area contributed by atoms with Crippen molar-refractivity contribution >= 4 is 24.1 Å². The molecule has 0 fully saturated rings. The van der Waals surface area contributed by atoms with E-state index >= 15 is 0 Å². The number of unbranched alkanes of at least 4 members (excludes halogenated alkanes) is 1. The first-order chi connectivity index (χ1) is 18.9. The first-order valence-electron chi connectivity index (χ1n) is 13.1. The second-order valence-corrected chi connectivity index (χ2v) is 10.0. The molecule has 2 atom stereocenters. The lowest BCUT2D eigenvalue weighted by molar-refractivity contribution is -0.144. The van der Waals surface area contributed by atoms with Crippen LogP contribution in [0.2, 0.25) is 0 Å². The predicted molar refractivity (Wildman–Crippen MR) is 150 cm³/mol. The fourth-order valence-electron chi connectivity index (χ4n) is 3.37. The summed E-state index contributed by atoms with van der Waals surface area (Å²) in [5, 5.41) is 8.05. The average molecular weight is 562 g/mol. The number of hydrogen-bond acceptors (Lipinski definition) is 8. The number of nitrogens with one attached hydrogen (secondary N) is 3. The third kappa shape index (κ3) is 14.2. The second-order valence-electron chi connectivity index (χ2n) is 10.0. The Morgan fingerprint density at radius 3 is 2.23 bits per heavy atom. The number of amides is 3. The Balaban J connectivity index is 2.70. The molecule has 0 aromatic heterocycles. The summed E-state index contributed by atoms with van der Waals surface area (Å²) in [4.78, 5) is 49.1. The van der Waals surface area contributed by atoms with Gasteiger partial charge in [-0.2, -0.15) is 0 Å². The molecule has 40 heavy (non-hydrogen) atoms. The Labute approximate surface area is 236 Å². The maximum Gasteiger partial charge on any atom is 0.408 e. The Hall–Kier alpha value is -4.02. The molecule has 0 saturated carbocycles. The number of methoxy groups -OCH3 is 2. The van der Waals surface area contributed by atoms with Crippen molar-refractivity contribution < 1.29 is 38.1 Å². The molecule has 1 unspecified atom stereocenters. The van der Waals surface area contributed by atoms with Crippen LogP contribution < -0.4 is 16.0 Å². The fourth-order valence-corrected chi connectivity index (χ4v) is 3.37. The summed E-state index contributed by atoms with van der Waals surface area (Å²) in [5.41, 5.74) is 0.620. The lowest BCUT2D eigenvalue weighted by Gasteiger charge is -2.23. The van der Waals surface area contributed by atoms with Crippen molar-refractivity contribution in [2.24, 2.45) is 5.92 Å². The quantitative estimate of drug-likeness (QED) is 0.100. The van der Waals surface area contributed by atoms with Crippen LogP contribution in [0.25, 0.3) is 0 Å². The number of esters is 1. The van der Waals surface area contributed by atoms with Crippen molar-refractivity contribution in [2.75, 3.05) is 20.8 Å². The van der Waals surface area contributed by atoms with Gasteiger partial charge in [0.25, 0.3) is 0 Å². The molecule has 0 saturated heterocycles. The molecular formula is C29H43N3O8. The Kier molecular flexibility index (Phi) is 14.9. The molecule has 11 nitrogen and oxygen atoms in total. The number of rotatable bonds is 14. The van der Waals surface area contributed by atoms with Gasteiger partial charge in [-0.1, -0.05) is 30.3 Å². The van der Waals surface area contributed by atoms with E-state index in [4.69, 9.17) is 18.9 Å². The molecule has 1 aromatic rings. The molecule has 0 bridgehead atoms. The zero-order valence-electron chi connectivity index (χ0n) is 24.5. The van der Waals surface area contributed by atoms with E-state index in [1.165, 1.54) is 14.2 Å². The highest BCUT2D eigenvalue weighted by Gasteiger charge is 2.24. The number of carbonyl (C=O) groups excluding carboxylic acids is 4. The standard InChI is InChI=1S/C29H43N3O8/c1-20(16-17-24(37-6)21(2)26(34)38-7)31-25(33)23(32-28(36)40-29(3,4)5)15-11-12-18-30-27(35)39-19-22-13-9-8-10-14-22/h8-10,13-14,16-17,21,23H,11-12,15,18-19H2,1-7H3,(H,30,35)(H,31,33)(H,32,36)/b20-16+,24-17+/t21?,23-/m0/s1. The topological polar surface area (TPSA) is 141 Å². The van der Waals surface area contributed by atoms with Crippen LogP contribution in [0.3, 0.4) is 0 Å². The van der Waals surface area contributed by atoms with E-state index in [2.05, 4.69) is 16.0 Å². The van der Waals surface area contributed by atoms with E-state index in [1.807, 2.05) is 30.3 Å². The Bertz CT molecular complexity index is 1030. The summed E-state index contributed by atoms with van der Waals surface area (Å²) in [6.45, 7) is 9.01. The Morgan fingerprint density at radius 1 is 0.950 bits per heavy atom. The lowest BCUT2D eigenvalue weighted by atomic mass is 10.1. The van der Waals surface area contributed by atoms with Crippen molar-refractivity contribution in [1.29, 1.82) is 0 Å². The molecule has 0 aliphatic heterocycles. The van der Waals surface area contributed by atoms with E-state index in [0.29, 0.717) is 37.3 Å². The minimum Gasteiger partial charge on any atom is -0.500 e. The first kappa shape index (κ1) is 34.0. The van der Waals surface area contributed by atoms with Crippen LogP contribution in [0.5, 0.6) is 0 Å². The molecule has 0 heterocycles. The molecule has 1 rings (SSSR count). The lowest BCUT2D eigenvalue weighted by Crippen LogP contribution is -2.47. The number of carbonyl (C=O) groups is 4. The van der Waals surface area contributed by atoms with Crippen LogP contribution in [0.4, 0.5) is 9.59 Å². The van der Waals surface area contributed by atoms with Crippen molar-refractivity contribution in [2.45, 2.75) is 72.1 Å². The zero-order chi connectivity index (χ0) is 30.1. The van der Waals surface area contributed by atoms with Gasteiger partial charge in [0.05, 0.1) is 14.2 Å². The second kappa shape index (κ2) is 17.5. The average Bonchev–Trinajstić information content (AvgIpc) is 2.90. The van der Waals surface area contributed by atoms with Crippen molar-refractivity contribution in [1.82, 2.24) is 16.0 Å². The molecule has 222 valence electrons. The van der Waals surface area contributed by atoms with Gasteiger partial charge < -0.3 is 34.9 Å². The van der Waals surface area contributed by atoms with Gasteiger partial charge in [0.15, 0.2) is 0 Å². The van der Waals surface area contributed by atoms with E-state index < -0.39 is 41.6 Å². The van der Waals surface area contributed by atoms with Gasteiger partial charge in [-0.25, -0.2) is 9.59 Å². The largest absolute Gasteiger partial charge is 0.500 e. The van der Waals surface area contributed by atoms with Crippen LogP contribution in [0, 0.1) is 5.92 Å². The summed E-state index contributed by atoms with van der Waals surface area (Å²) in [5.74, 6) is -1.16.